The van der Waals surface area contributed by atoms with E-state index in [4.69, 9.17) is 0 Å². The minimum absolute atomic E-state index is 0.0331. The highest BCUT2D eigenvalue weighted by atomic mass is 16.2. The first-order valence-corrected chi connectivity index (χ1v) is 9.70. The lowest BCUT2D eigenvalue weighted by atomic mass is 9.76. The van der Waals surface area contributed by atoms with E-state index in [2.05, 4.69) is 10.3 Å². The number of hydrogen-bond donors (Lipinski definition) is 1. The second-order valence-corrected chi connectivity index (χ2v) is 7.71. The number of fused-ring (bicyclic) bond motifs is 3. The van der Waals surface area contributed by atoms with E-state index in [0.29, 0.717) is 17.8 Å². The van der Waals surface area contributed by atoms with Crippen molar-refractivity contribution < 1.29 is 9.59 Å². The van der Waals surface area contributed by atoms with Gasteiger partial charge in [-0.15, -0.1) is 0 Å². The second-order valence-electron chi connectivity index (χ2n) is 7.71. The topological polar surface area (TPSA) is 83.8 Å². The standard InChI is InChI=1S/C22H20N4O3/c1-14-6-5-11-25-18(27)12-16(23-19(14)25)13-26-20(28)22(24-21(26)29)10-4-8-15-7-2-3-9-17(15)22/h2-3,5-7,9,11-12H,4,8,10,13H2,1H3,(H,24,29). The number of benzene rings is 1. The van der Waals surface area contributed by atoms with E-state index in [-0.39, 0.29) is 18.0 Å². The summed E-state index contributed by atoms with van der Waals surface area (Å²) >= 11 is 0. The quantitative estimate of drug-likeness (QED) is 0.683. The van der Waals surface area contributed by atoms with Crippen LogP contribution in [0.3, 0.4) is 0 Å². The van der Waals surface area contributed by atoms with Gasteiger partial charge in [-0.1, -0.05) is 30.3 Å². The summed E-state index contributed by atoms with van der Waals surface area (Å²) in [5.74, 6) is -0.276. The Morgan fingerprint density at radius 3 is 2.83 bits per heavy atom. The first-order chi connectivity index (χ1) is 14.0. The van der Waals surface area contributed by atoms with E-state index in [1.165, 1.54) is 15.4 Å². The fraction of sp³-hybridized carbons (Fsp3) is 0.273. The van der Waals surface area contributed by atoms with Crippen LogP contribution in [0.15, 0.2) is 53.5 Å². The maximum Gasteiger partial charge on any atom is 0.325 e. The van der Waals surface area contributed by atoms with Crippen molar-refractivity contribution >= 4 is 17.6 Å². The molecule has 1 aliphatic carbocycles. The largest absolute Gasteiger partial charge is 0.325 e. The molecule has 1 unspecified atom stereocenters. The molecule has 0 saturated carbocycles. The van der Waals surface area contributed by atoms with Gasteiger partial charge in [-0.25, -0.2) is 9.78 Å². The van der Waals surface area contributed by atoms with Gasteiger partial charge in [0, 0.05) is 12.3 Å². The molecule has 0 bridgehead atoms. The molecular weight excluding hydrogens is 368 g/mol. The molecule has 7 nitrogen and oxygen atoms in total. The van der Waals surface area contributed by atoms with E-state index in [1.54, 1.807) is 12.3 Å². The third kappa shape index (κ3) is 2.57. The molecule has 146 valence electrons. The van der Waals surface area contributed by atoms with Crippen LogP contribution in [0.4, 0.5) is 4.79 Å². The number of rotatable bonds is 2. The van der Waals surface area contributed by atoms with Crippen molar-refractivity contribution in [3.63, 3.8) is 0 Å². The maximum absolute atomic E-state index is 13.4. The minimum atomic E-state index is -1.02. The summed E-state index contributed by atoms with van der Waals surface area (Å²) in [6, 6.07) is 12.4. The minimum Gasteiger partial charge on any atom is -0.319 e. The SMILES string of the molecule is Cc1cccn2c(=O)cc(CN3C(=O)NC4(CCCc5ccccc54)C3=O)nc12. The molecule has 2 aromatic heterocycles. The van der Waals surface area contributed by atoms with Crippen molar-refractivity contribution in [1.29, 1.82) is 0 Å². The predicted octanol–water partition coefficient (Wildman–Crippen LogP) is 2.29. The number of pyridine rings is 1. The second kappa shape index (κ2) is 6.27. The van der Waals surface area contributed by atoms with Gasteiger partial charge in [0.25, 0.3) is 11.5 Å². The van der Waals surface area contributed by atoms with Crippen LogP contribution < -0.4 is 10.9 Å². The number of hydrogen-bond acceptors (Lipinski definition) is 4. The maximum atomic E-state index is 13.4. The van der Waals surface area contributed by atoms with Crippen LogP contribution in [0.2, 0.25) is 0 Å². The molecular formula is C22H20N4O3. The van der Waals surface area contributed by atoms with E-state index in [1.807, 2.05) is 37.3 Å². The van der Waals surface area contributed by atoms with E-state index < -0.39 is 11.6 Å². The monoisotopic (exact) mass is 388 g/mol. The summed E-state index contributed by atoms with van der Waals surface area (Å²) in [6.07, 6.45) is 3.94. The zero-order chi connectivity index (χ0) is 20.2. The number of amides is 3. The highest BCUT2D eigenvalue weighted by molar-refractivity contribution is 6.07. The number of nitrogens with one attached hydrogen (secondary N) is 1. The molecule has 3 amide bonds. The molecule has 1 atom stereocenters. The Morgan fingerprint density at radius 2 is 1.97 bits per heavy atom. The Labute approximate surface area is 167 Å². The van der Waals surface area contributed by atoms with Crippen LogP contribution >= 0.6 is 0 Å². The van der Waals surface area contributed by atoms with E-state index in [0.717, 1.165) is 29.5 Å². The number of carbonyl (C=O) groups is 2. The summed E-state index contributed by atoms with van der Waals surface area (Å²) in [5, 5.41) is 2.94. The number of imide groups is 1. The normalized spacial score (nSPS) is 20.9. The van der Waals surface area contributed by atoms with Crippen LogP contribution in [0, 0.1) is 6.92 Å². The molecule has 1 saturated heterocycles. The van der Waals surface area contributed by atoms with Crippen molar-refractivity contribution in [2.75, 3.05) is 0 Å². The molecule has 1 aromatic carbocycles. The molecule has 0 radical (unpaired) electrons. The van der Waals surface area contributed by atoms with Crippen LogP contribution in [0.1, 0.15) is 35.2 Å². The van der Waals surface area contributed by atoms with Crippen molar-refractivity contribution in [2.45, 2.75) is 38.3 Å². The smallest absolute Gasteiger partial charge is 0.319 e. The van der Waals surface area contributed by atoms with Gasteiger partial charge in [0.05, 0.1) is 12.2 Å². The Bertz CT molecular complexity index is 1230. The number of urea groups is 1. The molecule has 3 aromatic rings. The van der Waals surface area contributed by atoms with Crippen molar-refractivity contribution in [3.8, 4) is 0 Å². The lowest BCUT2D eigenvalue weighted by Gasteiger charge is -2.33. The van der Waals surface area contributed by atoms with Gasteiger partial charge in [0.1, 0.15) is 11.2 Å². The summed E-state index contributed by atoms with van der Waals surface area (Å²) in [7, 11) is 0. The fourth-order valence-corrected chi connectivity index (χ4v) is 4.51. The van der Waals surface area contributed by atoms with Gasteiger partial charge in [-0.3, -0.25) is 18.9 Å². The van der Waals surface area contributed by atoms with Crippen molar-refractivity contribution in [2.24, 2.45) is 0 Å². The van der Waals surface area contributed by atoms with Gasteiger partial charge in [0.15, 0.2) is 0 Å². The Hall–Kier alpha value is -3.48. The Kier molecular flexibility index (Phi) is 3.81. The molecule has 5 rings (SSSR count). The molecule has 1 spiro atoms. The summed E-state index contributed by atoms with van der Waals surface area (Å²) in [4.78, 5) is 44.4. The third-order valence-corrected chi connectivity index (χ3v) is 5.91. The molecule has 1 fully saturated rings. The highest BCUT2D eigenvalue weighted by Gasteiger charge is 2.53. The number of carbonyl (C=O) groups excluding carboxylic acids is 2. The number of aromatic nitrogens is 2. The van der Waals surface area contributed by atoms with Gasteiger partial charge in [-0.2, -0.15) is 0 Å². The fourth-order valence-electron chi connectivity index (χ4n) is 4.51. The summed E-state index contributed by atoms with van der Waals surface area (Å²) in [6.45, 7) is 1.84. The molecule has 1 N–H and O–H groups in total. The summed E-state index contributed by atoms with van der Waals surface area (Å²) < 4.78 is 1.46. The average Bonchev–Trinajstić information content (AvgIpc) is 2.94. The van der Waals surface area contributed by atoms with E-state index in [9.17, 15) is 14.4 Å². The first-order valence-electron chi connectivity index (χ1n) is 9.70. The highest BCUT2D eigenvalue weighted by Crippen LogP contribution is 2.40. The molecule has 2 aliphatic rings. The van der Waals surface area contributed by atoms with Gasteiger partial charge in [0.2, 0.25) is 0 Å². The zero-order valence-corrected chi connectivity index (χ0v) is 16.0. The molecule has 3 heterocycles. The third-order valence-electron chi connectivity index (χ3n) is 5.91. The van der Waals surface area contributed by atoms with Gasteiger partial charge < -0.3 is 5.32 Å². The summed E-state index contributed by atoms with van der Waals surface area (Å²) in [5.41, 5.74) is 2.48. The lowest BCUT2D eigenvalue weighted by Crippen LogP contribution is -2.46. The predicted molar refractivity (Wildman–Crippen MR) is 106 cm³/mol. The lowest BCUT2D eigenvalue weighted by molar-refractivity contribution is -0.132. The van der Waals surface area contributed by atoms with Crippen LogP contribution in [0.25, 0.3) is 5.65 Å². The zero-order valence-electron chi connectivity index (χ0n) is 16.0. The Morgan fingerprint density at radius 1 is 1.14 bits per heavy atom. The van der Waals surface area contributed by atoms with E-state index >= 15 is 0 Å². The number of nitrogens with zero attached hydrogens (tertiary/aromatic N) is 3. The Balaban J connectivity index is 1.54. The number of aryl methyl sites for hydroxylation is 2. The van der Waals surface area contributed by atoms with Crippen LogP contribution in [0.5, 0.6) is 0 Å². The van der Waals surface area contributed by atoms with Gasteiger partial charge >= 0.3 is 6.03 Å². The van der Waals surface area contributed by atoms with Gasteiger partial charge in [-0.05, 0) is 48.9 Å². The van der Waals surface area contributed by atoms with Crippen LogP contribution in [-0.4, -0.2) is 26.2 Å². The molecule has 29 heavy (non-hydrogen) atoms. The van der Waals surface area contributed by atoms with Crippen molar-refractivity contribution in [3.05, 3.63) is 81.4 Å². The molecule has 1 aliphatic heterocycles. The average molecular weight is 388 g/mol. The van der Waals surface area contributed by atoms with Crippen LogP contribution in [-0.2, 0) is 23.3 Å². The van der Waals surface area contributed by atoms with Crippen molar-refractivity contribution in [1.82, 2.24) is 19.6 Å². The molecule has 7 heteroatoms. The first kappa shape index (κ1) is 17.6.